The third kappa shape index (κ3) is 4.45. The fourth-order valence-corrected chi connectivity index (χ4v) is 3.30. The van der Waals surface area contributed by atoms with Crippen molar-refractivity contribution >= 4 is 22.7 Å². The summed E-state index contributed by atoms with van der Waals surface area (Å²) in [7, 11) is 1.55. The topological polar surface area (TPSA) is 86.5 Å². The molecule has 7 nitrogen and oxygen atoms in total. The van der Waals surface area contributed by atoms with Crippen LogP contribution in [0.25, 0.3) is 22.4 Å². The number of rotatable bonds is 7. The van der Waals surface area contributed by atoms with Crippen LogP contribution in [0.5, 0.6) is 5.75 Å². The average molecular weight is 435 g/mol. The summed E-state index contributed by atoms with van der Waals surface area (Å²) < 4.78 is 29.9. The Morgan fingerprint density at radius 3 is 2.62 bits per heavy atom. The lowest BCUT2D eigenvalue weighted by Gasteiger charge is -2.13. The van der Waals surface area contributed by atoms with Crippen molar-refractivity contribution in [3.8, 4) is 17.0 Å². The second-order valence-corrected chi connectivity index (χ2v) is 7.31. The maximum Gasteiger partial charge on any atom is 0.259 e. The molecule has 0 saturated carbocycles. The van der Waals surface area contributed by atoms with E-state index in [1.54, 1.807) is 20.1 Å². The molecule has 0 aliphatic rings. The summed E-state index contributed by atoms with van der Waals surface area (Å²) in [4.78, 5) is 17.8. The van der Waals surface area contributed by atoms with Crippen molar-refractivity contribution in [1.82, 2.24) is 10.1 Å². The molecule has 1 amide bonds. The minimum Gasteiger partial charge on any atom is -0.489 e. The van der Waals surface area contributed by atoms with Crippen LogP contribution in [0.4, 0.5) is 10.1 Å². The van der Waals surface area contributed by atoms with Gasteiger partial charge >= 0.3 is 0 Å². The Morgan fingerprint density at radius 1 is 1.09 bits per heavy atom. The Morgan fingerprint density at radius 2 is 1.88 bits per heavy atom. The standard InChI is InChI=1S/C24H22FN3O4/c1-14-4-6-16(7-5-14)19-13-18(22-15(2)28-32-24(22)27-19)23(29)26-20-12-17(25)8-9-21(20)31-11-10-30-3/h4-9,12-13H,10-11H2,1-3H3,(H,26,29). The molecule has 0 radical (unpaired) electrons. The summed E-state index contributed by atoms with van der Waals surface area (Å²) in [6, 6.07) is 13.4. The normalized spacial score (nSPS) is 11.0. The highest BCUT2D eigenvalue weighted by atomic mass is 19.1. The van der Waals surface area contributed by atoms with Crippen molar-refractivity contribution in [2.75, 3.05) is 25.6 Å². The number of aryl methyl sites for hydroxylation is 2. The predicted molar refractivity (Wildman–Crippen MR) is 118 cm³/mol. The molecular formula is C24H22FN3O4. The third-order valence-electron chi connectivity index (χ3n) is 4.94. The van der Waals surface area contributed by atoms with Crippen molar-refractivity contribution in [1.29, 1.82) is 0 Å². The largest absolute Gasteiger partial charge is 0.489 e. The van der Waals surface area contributed by atoms with Crippen molar-refractivity contribution in [2.24, 2.45) is 0 Å². The van der Waals surface area contributed by atoms with Gasteiger partial charge in [-0.2, -0.15) is 0 Å². The van der Waals surface area contributed by atoms with E-state index in [1.807, 2.05) is 31.2 Å². The van der Waals surface area contributed by atoms with Gasteiger partial charge in [0.2, 0.25) is 0 Å². The summed E-state index contributed by atoms with van der Waals surface area (Å²) in [5.41, 5.74) is 3.81. The molecule has 0 saturated heterocycles. The first kappa shape index (κ1) is 21.5. The van der Waals surface area contributed by atoms with Gasteiger partial charge in [-0.05, 0) is 32.0 Å². The quantitative estimate of drug-likeness (QED) is 0.415. The zero-order valence-electron chi connectivity index (χ0n) is 17.9. The van der Waals surface area contributed by atoms with Crippen LogP contribution in [0.1, 0.15) is 21.6 Å². The van der Waals surface area contributed by atoms with Crippen LogP contribution in [-0.4, -0.2) is 36.4 Å². The van der Waals surface area contributed by atoms with E-state index in [9.17, 15) is 9.18 Å². The van der Waals surface area contributed by atoms with Crippen LogP contribution in [0.2, 0.25) is 0 Å². The number of aromatic nitrogens is 2. The zero-order valence-corrected chi connectivity index (χ0v) is 17.9. The summed E-state index contributed by atoms with van der Waals surface area (Å²) in [5.74, 6) is -0.622. The zero-order chi connectivity index (χ0) is 22.7. The molecule has 0 unspecified atom stereocenters. The summed E-state index contributed by atoms with van der Waals surface area (Å²) in [6.45, 7) is 4.34. The summed E-state index contributed by atoms with van der Waals surface area (Å²) >= 11 is 0. The maximum atomic E-state index is 13.9. The lowest BCUT2D eigenvalue weighted by molar-refractivity contribution is 0.102. The first-order valence-electron chi connectivity index (χ1n) is 10.0. The minimum atomic E-state index is -0.499. The first-order valence-corrected chi connectivity index (χ1v) is 10.0. The summed E-state index contributed by atoms with van der Waals surface area (Å²) in [6.07, 6.45) is 0. The SMILES string of the molecule is COCCOc1ccc(F)cc1NC(=O)c1cc(-c2ccc(C)cc2)nc2onc(C)c12. The number of hydrogen-bond acceptors (Lipinski definition) is 6. The van der Waals surface area contributed by atoms with E-state index in [-0.39, 0.29) is 18.0 Å². The van der Waals surface area contributed by atoms with Gasteiger partial charge in [0.25, 0.3) is 11.6 Å². The van der Waals surface area contributed by atoms with E-state index in [0.29, 0.717) is 34.7 Å². The van der Waals surface area contributed by atoms with Gasteiger partial charge in [0.15, 0.2) is 0 Å². The molecule has 0 bridgehead atoms. The van der Waals surface area contributed by atoms with Crippen LogP contribution >= 0.6 is 0 Å². The van der Waals surface area contributed by atoms with Crippen LogP contribution < -0.4 is 10.1 Å². The Bertz CT molecular complexity index is 1270. The molecule has 32 heavy (non-hydrogen) atoms. The Kier molecular flexibility index (Phi) is 6.13. The number of methoxy groups -OCH3 is 1. The molecular weight excluding hydrogens is 413 g/mol. The smallest absolute Gasteiger partial charge is 0.259 e. The van der Waals surface area contributed by atoms with Crippen molar-refractivity contribution in [3.63, 3.8) is 0 Å². The number of anilines is 1. The first-order chi connectivity index (χ1) is 15.5. The van der Waals surface area contributed by atoms with E-state index in [0.717, 1.165) is 11.1 Å². The molecule has 0 spiro atoms. The van der Waals surface area contributed by atoms with Gasteiger partial charge in [-0.1, -0.05) is 35.0 Å². The number of halogens is 1. The van der Waals surface area contributed by atoms with E-state index in [1.165, 1.54) is 18.2 Å². The van der Waals surface area contributed by atoms with Gasteiger partial charge in [-0.25, -0.2) is 9.37 Å². The Balaban J connectivity index is 1.73. The number of hydrogen-bond donors (Lipinski definition) is 1. The molecule has 2 aromatic carbocycles. The number of amides is 1. The number of benzene rings is 2. The lowest BCUT2D eigenvalue weighted by atomic mass is 10.0. The molecule has 2 heterocycles. The van der Waals surface area contributed by atoms with E-state index >= 15 is 0 Å². The molecule has 0 fully saturated rings. The van der Waals surface area contributed by atoms with Crippen LogP contribution in [0, 0.1) is 19.7 Å². The monoisotopic (exact) mass is 435 g/mol. The molecule has 4 rings (SSSR count). The maximum absolute atomic E-state index is 13.9. The number of fused-ring (bicyclic) bond motifs is 1. The van der Waals surface area contributed by atoms with Gasteiger partial charge < -0.3 is 19.3 Å². The molecule has 1 N–H and O–H groups in total. The van der Waals surface area contributed by atoms with Gasteiger partial charge in [0.1, 0.15) is 18.2 Å². The number of nitrogens with zero attached hydrogens (tertiary/aromatic N) is 2. The van der Waals surface area contributed by atoms with E-state index < -0.39 is 11.7 Å². The average Bonchev–Trinajstić information content (AvgIpc) is 3.16. The highest BCUT2D eigenvalue weighted by molar-refractivity contribution is 6.13. The molecule has 2 aromatic heterocycles. The van der Waals surface area contributed by atoms with Gasteiger partial charge in [0, 0.05) is 18.7 Å². The molecule has 8 heteroatoms. The van der Waals surface area contributed by atoms with Gasteiger partial charge in [-0.15, -0.1) is 0 Å². The van der Waals surface area contributed by atoms with Crippen LogP contribution in [0.15, 0.2) is 53.1 Å². The number of carbonyl (C=O) groups is 1. The van der Waals surface area contributed by atoms with Crippen molar-refractivity contribution in [2.45, 2.75) is 13.8 Å². The number of pyridine rings is 1. The summed E-state index contributed by atoms with van der Waals surface area (Å²) in [5, 5.41) is 7.21. The van der Waals surface area contributed by atoms with Crippen LogP contribution in [0.3, 0.4) is 0 Å². The molecule has 0 aliphatic carbocycles. The van der Waals surface area contributed by atoms with Crippen LogP contribution in [-0.2, 0) is 4.74 Å². The predicted octanol–water partition coefficient (Wildman–Crippen LogP) is 4.92. The highest BCUT2D eigenvalue weighted by Crippen LogP contribution is 2.30. The van der Waals surface area contributed by atoms with Gasteiger partial charge in [-0.3, -0.25) is 4.79 Å². The fourth-order valence-electron chi connectivity index (χ4n) is 3.30. The second kappa shape index (κ2) is 9.15. The molecule has 0 aliphatic heterocycles. The Labute approximate surface area is 184 Å². The van der Waals surface area contributed by atoms with Crippen molar-refractivity contribution in [3.05, 3.63) is 71.2 Å². The van der Waals surface area contributed by atoms with E-state index in [4.69, 9.17) is 14.0 Å². The van der Waals surface area contributed by atoms with Gasteiger partial charge in [0.05, 0.1) is 34.6 Å². The fraction of sp³-hybridized carbons (Fsp3) is 0.208. The molecule has 164 valence electrons. The number of carbonyl (C=O) groups excluding carboxylic acids is 1. The number of nitrogens with one attached hydrogen (secondary N) is 1. The van der Waals surface area contributed by atoms with E-state index in [2.05, 4.69) is 15.5 Å². The second-order valence-electron chi connectivity index (χ2n) is 7.31. The third-order valence-corrected chi connectivity index (χ3v) is 4.94. The minimum absolute atomic E-state index is 0.210. The Hall–Kier alpha value is -3.78. The van der Waals surface area contributed by atoms with Crippen molar-refractivity contribution < 1.29 is 23.2 Å². The number of ether oxygens (including phenoxy) is 2. The highest BCUT2D eigenvalue weighted by Gasteiger charge is 2.21. The molecule has 0 atom stereocenters. The molecule has 4 aromatic rings. The lowest BCUT2D eigenvalue weighted by Crippen LogP contribution is -2.15.